The van der Waals surface area contributed by atoms with E-state index >= 15 is 0 Å². The number of carboxylic acid groups (broad SMARTS) is 1. The minimum Gasteiger partial charge on any atom is -0.497 e. The van der Waals surface area contributed by atoms with Crippen LogP contribution in [0.1, 0.15) is 25.3 Å². The number of nitrogens with one attached hydrogen (secondary N) is 1. The lowest BCUT2D eigenvalue weighted by atomic mass is 10.0. The molecular formula is C24H30N2O3. The van der Waals surface area contributed by atoms with Gasteiger partial charge in [-0.3, -0.25) is 4.79 Å². The Morgan fingerprint density at radius 1 is 1.07 bits per heavy atom. The summed E-state index contributed by atoms with van der Waals surface area (Å²) in [6.45, 7) is 2.60. The fraction of sp³-hybridized carbons (Fsp3) is 0.292. The number of ether oxygens (including phenoxy) is 1. The summed E-state index contributed by atoms with van der Waals surface area (Å²) in [7, 11) is 1.64. The minimum absolute atomic E-state index is 0.437. The van der Waals surface area contributed by atoms with E-state index in [0.29, 0.717) is 13.0 Å². The topological polar surface area (TPSA) is 84.6 Å². The molecule has 1 atom stereocenters. The van der Waals surface area contributed by atoms with Gasteiger partial charge >= 0.3 is 5.97 Å². The molecule has 29 heavy (non-hydrogen) atoms. The number of aryl methyl sites for hydroxylation is 1. The van der Waals surface area contributed by atoms with E-state index in [0.717, 1.165) is 24.3 Å². The summed E-state index contributed by atoms with van der Waals surface area (Å²) in [5, 5.41) is 14.4. The van der Waals surface area contributed by atoms with Crippen molar-refractivity contribution in [2.24, 2.45) is 0 Å². The van der Waals surface area contributed by atoms with Crippen LogP contribution in [0.3, 0.4) is 0 Å². The number of hydrogen-bond acceptors (Lipinski definition) is 4. The number of benzene rings is 3. The number of carbonyl (C=O) groups is 1. The van der Waals surface area contributed by atoms with Crippen LogP contribution < -0.4 is 15.8 Å². The molecule has 5 nitrogen and oxygen atoms in total. The summed E-state index contributed by atoms with van der Waals surface area (Å²) in [6, 6.07) is 21.6. The Hall–Kier alpha value is -3.05. The smallest absolute Gasteiger partial charge is 0.320 e. The molecule has 0 spiro atoms. The lowest BCUT2D eigenvalue weighted by molar-refractivity contribution is -0.139. The Morgan fingerprint density at radius 3 is 2.38 bits per heavy atom. The normalized spacial score (nSPS) is 11.4. The van der Waals surface area contributed by atoms with Gasteiger partial charge in [0, 0.05) is 5.69 Å². The molecule has 0 bridgehead atoms. The van der Waals surface area contributed by atoms with Crippen molar-refractivity contribution in [2.45, 2.75) is 32.2 Å². The molecule has 4 N–H and O–H groups in total. The van der Waals surface area contributed by atoms with Crippen LogP contribution in [0.2, 0.25) is 0 Å². The third kappa shape index (κ3) is 7.47. The molecule has 0 aliphatic rings. The van der Waals surface area contributed by atoms with Gasteiger partial charge in [0.25, 0.3) is 0 Å². The van der Waals surface area contributed by atoms with Gasteiger partial charge in [0.05, 0.1) is 7.11 Å². The average molecular weight is 395 g/mol. The molecule has 0 heterocycles. The number of fused-ring (bicyclic) bond motifs is 1. The van der Waals surface area contributed by atoms with E-state index in [2.05, 4.69) is 17.4 Å². The molecule has 3 aromatic carbocycles. The maximum atomic E-state index is 10.9. The Bertz CT molecular complexity index is 894. The zero-order valence-electron chi connectivity index (χ0n) is 17.1. The molecule has 0 fully saturated rings. The standard InChI is InChI=1S/C14H21NO3.C10H9N/c1-3-15-13(14(16)17)6-4-5-11-7-9-12(18-2)10-8-11;11-10-6-5-8-3-1-2-4-9(8)7-10/h7-10,13,15H,3-6H2,1-2H3,(H,16,17);1-7H,11H2. The van der Waals surface area contributed by atoms with Gasteiger partial charge in [-0.15, -0.1) is 0 Å². The molecule has 0 radical (unpaired) electrons. The second-order valence-corrected chi connectivity index (χ2v) is 6.80. The number of carboxylic acids is 1. The molecule has 154 valence electrons. The molecule has 0 aromatic heterocycles. The lowest BCUT2D eigenvalue weighted by Gasteiger charge is -2.12. The summed E-state index contributed by atoms with van der Waals surface area (Å²) in [4.78, 5) is 10.9. The number of hydrogen-bond donors (Lipinski definition) is 3. The van der Waals surface area contributed by atoms with Crippen LogP contribution >= 0.6 is 0 Å². The maximum Gasteiger partial charge on any atom is 0.320 e. The summed E-state index contributed by atoms with van der Waals surface area (Å²) in [5.41, 5.74) is 7.65. The minimum atomic E-state index is -0.772. The van der Waals surface area contributed by atoms with Crippen LogP contribution in [0, 0.1) is 0 Å². The van der Waals surface area contributed by atoms with E-state index in [9.17, 15) is 4.79 Å². The first-order valence-electron chi connectivity index (χ1n) is 9.87. The van der Waals surface area contributed by atoms with Crippen molar-refractivity contribution in [3.8, 4) is 5.75 Å². The highest BCUT2D eigenvalue weighted by Crippen LogP contribution is 2.16. The molecule has 3 rings (SSSR count). The predicted octanol–water partition coefficient (Wildman–Crippen LogP) is 4.50. The maximum absolute atomic E-state index is 10.9. The number of nitrogen functional groups attached to an aromatic ring is 1. The predicted molar refractivity (Wildman–Crippen MR) is 119 cm³/mol. The molecule has 0 saturated heterocycles. The van der Waals surface area contributed by atoms with Gasteiger partial charge < -0.3 is 20.9 Å². The van der Waals surface area contributed by atoms with Crippen LogP contribution in [0.25, 0.3) is 10.8 Å². The molecule has 1 unspecified atom stereocenters. The third-order valence-electron chi connectivity index (χ3n) is 4.64. The number of likely N-dealkylation sites (N-methyl/N-ethyl adjacent to an activating group) is 1. The van der Waals surface area contributed by atoms with Crippen LogP contribution in [0.15, 0.2) is 66.7 Å². The van der Waals surface area contributed by atoms with Crippen molar-refractivity contribution in [1.82, 2.24) is 5.32 Å². The van der Waals surface area contributed by atoms with E-state index in [-0.39, 0.29) is 0 Å². The highest BCUT2D eigenvalue weighted by molar-refractivity contribution is 5.85. The summed E-state index contributed by atoms with van der Waals surface area (Å²) < 4.78 is 5.09. The second-order valence-electron chi connectivity index (χ2n) is 6.80. The summed E-state index contributed by atoms with van der Waals surface area (Å²) >= 11 is 0. The number of methoxy groups -OCH3 is 1. The molecule has 0 amide bonds. The Balaban J connectivity index is 0.000000230. The van der Waals surface area contributed by atoms with Crippen molar-refractivity contribution >= 4 is 22.4 Å². The Morgan fingerprint density at radius 2 is 1.76 bits per heavy atom. The van der Waals surface area contributed by atoms with Crippen LogP contribution in [0.5, 0.6) is 5.75 Å². The van der Waals surface area contributed by atoms with Crippen molar-refractivity contribution in [3.63, 3.8) is 0 Å². The molecule has 0 saturated carbocycles. The van der Waals surface area contributed by atoms with Gasteiger partial charge in [0.1, 0.15) is 11.8 Å². The summed E-state index contributed by atoms with van der Waals surface area (Å²) in [5.74, 6) is 0.0707. The number of rotatable bonds is 8. The largest absolute Gasteiger partial charge is 0.497 e. The van der Waals surface area contributed by atoms with Crippen molar-refractivity contribution in [3.05, 3.63) is 72.3 Å². The summed E-state index contributed by atoms with van der Waals surface area (Å²) in [6.07, 6.45) is 2.39. The fourth-order valence-electron chi connectivity index (χ4n) is 3.07. The monoisotopic (exact) mass is 394 g/mol. The van der Waals surface area contributed by atoms with Crippen molar-refractivity contribution in [2.75, 3.05) is 19.4 Å². The zero-order valence-corrected chi connectivity index (χ0v) is 17.1. The van der Waals surface area contributed by atoms with Crippen molar-refractivity contribution in [1.29, 1.82) is 0 Å². The molecule has 0 aliphatic carbocycles. The first kappa shape index (κ1) is 22.2. The van der Waals surface area contributed by atoms with E-state index in [1.165, 1.54) is 16.3 Å². The van der Waals surface area contributed by atoms with E-state index in [1.54, 1.807) is 7.11 Å². The van der Waals surface area contributed by atoms with E-state index < -0.39 is 12.0 Å². The quantitative estimate of drug-likeness (QED) is 0.490. The molecule has 0 aliphatic heterocycles. The van der Waals surface area contributed by atoms with Gasteiger partial charge in [-0.05, 0) is 66.4 Å². The Kier molecular flexibility index (Phi) is 8.99. The van der Waals surface area contributed by atoms with E-state index in [4.69, 9.17) is 15.6 Å². The molecule has 3 aromatic rings. The SMILES string of the molecule is CCNC(CCCc1ccc(OC)cc1)C(=O)O.Nc1ccc2ccccc2c1. The lowest BCUT2D eigenvalue weighted by Crippen LogP contribution is -2.36. The number of nitrogens with two attached hydrogens (primary N) is 1. The van der Waals surface area contributed by atoms with Gasteiger partial charge in [-0.25, -0.2) is 0 Å². The molecular weight excluding hydrogens is 364 g/mol. The average Bonchev–Trinajstić information content (AvgIpc) is 2.74. The Labute approximate surface area is 172 Å². The van der Waals surface area contributed by atoms with Crippen molar-refractivity contribution < 1.29 is 14.6 Å². The zero-order chi connectivity index (χ0) is 21.1. The first-order valence-corrected chi connectivity index (χ1v) is 9.87. The molecule has 5 heteroatoms. The number of anilines is 1. The van der Waals surface area contributed by atoms with Gasteiger partial charge in [0.2, 0.25) is 0 Å². The first-order chi connectivity index (χ1) is 14.0. The van der Waals surface area contributed by atoms with Crippen LogP contribution in [-0.4, -0.2) is 30.8 Å². The van der Waals surface area contributed by atoms with Crippen LogP contribution in [-0.2, 0) is 11.2 Å². The fourth-order valence-corrected chi connectivity index (χ4v) is 3.07. The van der Waals surface area contributed by atoms with Gasteiger partial charge in [0.15, 0.2) is 0 Å². The van der Waals surface area contributed by atoms with Gasteiger partial charge in [-0.1, -0.05) is 49.4 Å². The third-order valence-corrected chi connectivity index (χ3v) is 4.64. The highest BCUT2D eigenvalue weighted by Gasteiger charge is 2.14. The highest BCUT2D eigenvalue weighted by atomic mass is 16.5. The second kappa shape index (κ2) is 11.7. The van der Waals surface area contributed by atoms with Gasteiger partial charge in [-0.2, -0.15) is 0 Å². The van der Waals surface area contributed by atoms with E-state index in [1.807, 2.05) is 61.5 Å². The number of aliphatic carboxylic acids is 1. The van der Waals surface area contributed by atoms with Crippen LogP contribution in [0.4, 0.5) is 5.69 Å².